The minimum absolute atomic E-state index is 0.467. The molecule has 18 heavy (non-hydrogen) atoms. The first-order chi connectivity index (χ1) is 8.47. The molecule has 98 valence electrons. The summed E-state index contributed by atoms with van der Waals surface area (Å²) in [6, 6.07) is 1.22. The Morgan fingerprint density at radius 3 is 2.61 bits per heavy atom. The topological polar surface area (TPSA) is 95.9 Å². The number of rotatable bonds is 3. The predicted octanol–water partition coefficient (Wildman–Crippen LogP) is 1.28. The average Bonchev–Trinajstić information content (AvgIpc) is 2.86. The van der Waals surface area contributed by atoms with Crippen molar-refractivity contribution in [3.05, 3.63) is 22.4 Å². The highest BCUT2D eigenvalue weighted by molar-refractivity contribution is 7.10. The number of carbonyl (C=O) groups is 3. The number of carbonyl (C=O) groups excluding carboxylic acids is 2. The maximum Gasteiger partial charge on any atom is 0.417 e. The van der Waals surface area contributed by atoms with E-state index in [1.54, 1.807) is 17.5 Å². The predicted molar refractivity (Wildman–Crippen MR) is 63.4 cm³/mol. The van der Waals surface area contributed by atoms with Gasteiger partial charge in [0.05, 0.1) is 7.11 Å². The first-order valence-corrected chi connectivity index (χ1v) is 5.73. The summed E-state index contributed by atoms with van der Waals surface area (Å²) < 4.78 is 4.35. The average molecular weight is 272 g/mol. The molecule has 0 saturated carbocycles. The number of ether oxygens (including phenoxy) is 1. The maximum atomic E-state index is 11.6. The van der Waals surface area contributed by atoms with Crippen LogP contribution in [0.5, 0.6) is 0 Å². The number of amides is 3. The second kappa shape index (κ2) is 6.01. The number of carboxylic acid groups (broad SMARTS) is 1. The molecule has 3 amide bonds. The fourth-order valence-corrected chi connectivity index (χ4v) is 1.92. The van der Waals surface area contributed by atoms with Gasteiger partial charge in [-0.05, 0) is 11.4 Å². The molecule has 1 heterocycles. The molecule has 0 aliphatic heterocycles. The van der Waals surface area contributed by atoms with Crippen LogP contribution < -0.4 is 5.32 Å². The Morgan fingerprint density at radius 2 is 2.17 bits per heavy atom. The quantitative estimate of drug-likeness (QED) is 0.864. The Labute approximate surface area is 107 Å². The number of hydrogen-bond donors (Lipinski definition) is 2. The molecule has 0 spiro atoms. The van der Waals surface area contributed by atoms with Crippen LogP contribution in [0.2, 0.25) is 0 Å². The number of carboxylic acids is 1. The van der Waals surface area contributed by atoms with Crippen molar-refractivity contribution >= 4 is 29.4 Å². The minimum Gasteiger partial charge on any atom is -0.479 e. The Balaban J connectivity index is 2.77. The van der Waals surface area contributed by atoms with Gasteiger partial charge in [0, 0.05) is 11.9 Å². The number of nitrogens with zero attached hydrogens (tertiary/aromatic N) is 1. The summed E-state index contributed by atoms with van der Waals surface area (Å²) >= 11 is 1.20. The fraction of sp³-hybridized carbons (Fsp3) is 0.300. The molecule has 1 unspecified atom stereocenters. The minimum atomic E-state index is -1.20. The lowest BCUT2D eigenvalue weighted by atomic mass is 10.2. The van der Waals surface area contributed by atoms with Crippen LogP contribution in [-0.2, 0) is 9.53 Å². The Bertz CT molecular complexity index is 445. The number of aliphatic carboxylic acids is 1. The van der Waals surface area contributed by atoms with Gasteiger partial charge in [-0.3, -0.25) is 0 Å². The van der Waals surface area contributed by atoms with Gasteiger partial charge in [0.1, 0.15) is 0 Å². The van der Waals surface area contributed by atoms with Crippen molar-refractivity contribution in [2.75, 3.05) is 14.2 Å². The molecule has 0 radical (unpaired) electrons. The second-order valence-electron chi connectivity index (χ2n) is 3.27. The smallest absolute Gasteiger partial charge is 0.417 e. The van der Waals surface area contributed by atoms with Gasteiger partial charge in [-0.25, -0.2) is 19.3 Å². The third-order valence-electron chi connectivity index (χ3n) is 2.10. The van der Waals surface area contributed by atoms with Crippen molar-refractivity contribution < 1.29 is 24.2 Å². The first kappa shape index (κ1) is 14.0. The monoisotopic (exact) mass is 272 g/mol. The lowest BCUT2D eigenvalue weighted by Gasteiger charge is -2.18. The lowest BCUT2D eigenvalue weighted by Crippen LogP contribution is -2.44. The molecular formula is C10H12N2O5S. The van der Waals surface area contributed by atoms with Crippen molar-refractivity contribution in [2.24, 2.45) is 0 Å². The molecule has 7 nitrogen and oxygen atoms in total. The Hall–Kier alpha value is -2.09. The van der Waals surface area contributed by atoms with Crippen LogP contribution in [0.25, 0.3) is 0 Å². The second-order valence-corrected chi connectivity index (χ2v) is 4.24. The highest BCUT2D eigenvalue weighted by atomic mass is 32.1. The Kier molecular flexibility index (Phi) is 4.67. The van der Waals surface area contributed by atoms with E-state index in [1.165, 1.54) is 18.4 Å². The molecule has 0 bridgehead atoms. The van der Waals surface area contributed by atoms with Gasteiger partial charge in [-0.2, -0.15) is 0 Å². The van der Waals surface area contributed by atoms with Gasteiger partial charge in [0.2, 0.25) is 0 Å². The van der Waals surface area contributed by atoms with E-state index in [4.69, 9.17) is 5.11 Å². The molecule has 1 aromatic rings. The van der Waals surface area contributed by atoms with Gasteiger partial charge in [0.25, 0.3) is 0 Å². The summed E-state index contributed by atoms with van der Waals surface area (Å²) in [5, 5.41) is 13.0. The fourth-order valence-electron chi connectivity index (χ4n) is 1.15. The largest absolute Gasteiger partial charge is 0.479 e. The van der Waals surface area contributed by atoms with Crippen LogP contribution in [0.4, 0.5) is 9.59 Å². The van der Waals surface area contributed by atoms with Crippen molar-refractivity contribution in [3.63, 3.8) is 0 Å². The van der Waals surface area contributed by atoms with Crippen LogP contribution in [0, 0.1) is 0 Å². The number of hydrogen-bond acceptors (Lipinski definition) is 5. The van der Waals surface area contributed by atoms with Crippen LogP contribution in [0.15, 0.2) is 17.5 Å². The summed E-state index contributed by atoms with van der Waals surface area (Å²) in [5.74, 6) is -1.20. The van der Waals surface area contributed by atoms with E-state index in [0.29, 0.717) is 9.78 Å². The van der Waals surface area contributed by atoms with E-state index in [-0.39, 0.29) is 0 Å². The number of methoxy groups -OCH3 is 1. The molecule has 2 N–H and O–H groups in total. The van der Waals surface area contributed by atoms with E-state index >= 15 is 0 Å². The molecule has 0 fully saturated rings. The number of thiophene rings is 1. The van der Waals surface area contributed by atoms with E-state index in [2.05, 4.69) is 10.1 Å². The third-order valence-corrected chi connectivity index (χ3v) is 3.03. The molecule has 0 aliphatic carbocycles. The zero-order valence-corrected chi connectivity index (χ0v) is 10.6. The molecule has 0 aliphatic rings. The molecule has 1 atom stereocenters. The highest BCUT2D eigenvalue weighted by Crippen LogP contribution is 2.19. The lowest BCUT2D eigenvalue weighted by molar-refractivity contribution is -0.139. The Morgan fingerprint density at radius 1 is 1.50 bits per heavy atom. The van der Waals surface area contributed by atoms with Crippen LogP contribution >= 0.6 is 11.3 Å². The number of nitrogens with one attached hydrogen (secondary N) is 1. The molecular weight excluding hydrogens is 260 g/mol. The van der Waals surface area contributed by atoms with Gasteiger partial charge < -0.3 is 15.2 Å². The van der Waals surface area contributed by atoms with Crippen LogP contribution in [-0.4, -0.2) is 42.3 Å². The van der Waals surface area contributed by atoms with Gasteiger partial charge in [-0.1, -0.05) is 6.07 Å². The van der Waals surface area contributed by atoms with E-state index < -0.39 is 24.1 Å². The molecule has 0 saturated heterocycles. The molecule has 8 heteroatoms. The third kappa shape index (κ3) is 3.20. The summed E-state index contributed by atoms with van der Waals surface area (Å²) in [6.45, 7) is 0. The van der Waals surface area contributed by atoms with Crippen molar-refractivity contribution in [1.29, 1.82) is 0 Å². The van der Waals surface area contributed by atoms with Crippen molar-refractivity contribution in [1.82, 2.24) is 10.2 Å². The SMILES string of the molecule is COC(=O)N(C)C(=O)NC(C(=O)O)c1cccs1. The highest BCUT2D eigenvalue weighted by Gasteiger charge is 2.26. The van der Waals surface area contributed by atoms with Crippen molar-refractivity contribution in [3.8, 4) is 0 Å². The van der Waals surface area contributed by atoms with Crippen LogP contribution in [0.1, 0.15) is 10.9 Å². The zero-order chi connectivity index (χ0) is 13.7. The van der Waals surface area contributed by atoms with Gasteiger partial charge in [0.15, 0.2) is 6.04 Å². The van der Waals surface area contributed by atoms with Gasteiger partial charge >= 0.3 is 18.1 Å². The van der Waals surface area contributed by atoms with E-state index in [9.17, 15) is 14.4 Å². The molecule has 1 rings (SSSR count). The number of urea groups is 1. The number of imide groups is 1. The first-order valence-electron chi connectivity index (χ1n) is 4.85. The normalized spacial score (nSPS) is 11.4. The van der Waals surface area contributed by atoms with Crippen molar-refractivity contribution in [2.45, 2.75) is 6.04 Å². The van der Waals surface area contributed by atoms with E-state index in [0.717, 1.165) is 7.11 Å². The summed E-state index contributed by atoms with van der Waals surface area (Å²) in [4.78, 5) is 34.9. The summed E-state index contributed by atoms with van der Waals surface area (Å²) in [7, 11) is 2.31. The zero-order valence-electron chi connectivity index (χ0n) is 9.75. The van der Waals surface area contributed by atoms with Gasteiger partial charge in [-0.15, -0.1) is 11.3 Å². The summed E-state index contributed by atoms with van der Waals surface area (Å²) in [6.07, 6.45) is -0.872. The van der Waals surface area contributed by atoms with Crippen LogP contribution in [0.3, 0.4) is 0 Å². The standard InChI is InChI=1S/C10H12N2O5S/c1-12(10(16)17-2)9(15)11-7(8(13)14)6-4-3-5-18-6/h3-5,7H,1-2H3,(H,11,15)(H,13,14). The maximum absolute atomic E-state index is 11.6. The molecule has 1 aromatic heterocycles. The van der Waals surface area contributed by atoms with E-state index in [1.807, 2.05) is 0 Å². The summed E-state index contributed by atoms with van der Waals surface area (Å²) in [5.41, 5.74) is 0. The molecule has 0 aromatic carbocycles.